The molecule has 2 atom stereocenters. The lowest BCUT2D eigenvalue weighted by molar-refractivity contribution is 0.422. The third-order valence-corrected chi connectivity index (χ3v) is 4.76. The highest BCUT2D eigenvalue weighted by Gasteiger charge is 2.28. The molecule has 1 saturated heterocycles. The summed E-state index contributed by atoms with van der Waals surface area (Å²) in [6.45, 7) is 0. The van der Waals surface area contributed by atoms with E-state index in [9.17, 15) is 13.2 Å². The molecule has 0 amide bonds. The third-order valence-electron chi connectivity index (χ3n) is 3.30. The van der Waals surface area contributed by atoms with Gasteiger partial charge in [-0.05, 0) is 31.7 Å². The largest absolute Gasteiger partial charge is 0.312 e. The summed E-state index contributed by atoms with van der Waals surface area (Å²) < 4.78 is 40.0. The molecule has 2 unspecified atom stereocenters. The number of thioether (sulfide) groups is 1. The summed E-state index contributed by atoms with van der Waals surface area (Å²) in [4.78, 5) is 0. The zero-order valence-corrected chi connectivity index (χ0v) is 11.0. The minimum Gasteiger partial charge on any atom is -0.312 e. The molecule has 18 heavy (non-hydrogen) atoms. The average molecular weight is 275 g/mol. The second-order valence-electron chi connectivity index (χ2n) is 4.44. The zero-order chi connectivity index (χ0) is 13.1. The van der Waals surface area contributed by atoms with Crippen LogP contribution in [0, 0.1) is 17.5 Å². The van der Waals surface area contributed by atoms with Gasteiger partial charge in [-0.25, -0.2) is 13.2 Å². The van der Waals surface area contributed by atoms with Crippen LogP contribution in [0.3, 0.4) is 0 Å². The first-order chi connectivity index (χ1) is 8.65. The fourth-order valence-electron chi connectivity index (χ4n) is 2.35. The van der Waals surface area contributed by atoms with Crippen LogP contribution in [-0.4, -0.2) is 18.1 Å². The van der Waals surface area contributed by atoms with Crippen molar-refractivity contribution in [2.24, 2.45) is 0 Å². The highest BCUT2D eigenvalue weighted by atomic mass is 32.2. The molecular weight excluding hydrogens is 259 g/mol. The summed E-state index contributed by atoms with van der Waals surface area (Å²) in [5, 5.41) is 3.24. The van der Waals surface area contributed by atoms with Crippen molar-refractivity contribution in [1.82, 2.24) is 5.32 Å². The van der Waals surface area contributed by atoms with Crippen LogP contribution < -0.4 is 5.32 Å². The molecule has 0 radical (unpaired) electrons. The van der Waals surface area contributed by atoms with Crippen molar-refractivity contribution in [3.63, 3.8) is 0 Å². The average Bonchev–Trinajstić information content (AvgIpc) is 2.41. The second-order valence-corrected chi connectivity index (χ2v) is 5.78. The molecule has 1 N–H and O–H groups in total. The van der Waals surface area contributed by atoms with Gasteiger partial charge >= 0.3 is 0 Å². The van der Waals surface area contributed by atoms with Gasteiger partial charge in [0.05, 0.1) is 0 Å². The topological polar surface area (TPSA) is 12.0 Å². The van der Waals surface area contributed by atoms with Gasteiger partial charge < -0.3 is 5.32 Å². The van der Waals surface area contributed by atoms with Crippen LogP contribution in [-0.2, 0) is 0 Å². The lowest BCUT2D eigenvalue weighted by atomic mass is 9.99. The molecule has 0 aromatic heterocycles. The molecule has 0 bridgehead atoms. The Hall–Kier alpha value is -0.680. The van der Waals surface area contributed by atoms with Crippen LogP contribution in [0.25, 0.3) is 0 Å². The van der Waals surface area contributed by atoms with E-state index in [1.807, 2.05) is 0 Å². The summed E-state index contributed by atoms with van der Waals surface area (Å²) in [6, 6.07) is 2.06. The van der Waals surface area contributed by atoms with Gasteiger partial charge in [0.15, 0.2) is 17.5 Å². The van der Waals surface area contributed by atoms with E-state index in [1.165, 1.54) is 6.07 Å². The van der Waals surface area contributed by atoms with E-state index in [0.717, 1.165) is 31.1 Å². The number of hydrogen-bond donors (Lipinski definition) is 1. The van der Waals surface area contributed by atoms with E-state index in [4.69, 9.17) is 0 Å². The standard InChI is InChI=1S/C13H16F3NS/c1-17-13(10-4-2-3-7-18-10)8-5-6-9(14)12(16)11(8)15/h5-6,10,13,17H,2-4,7H2,1H3. The SMILES string of the molecule is CNC(c1ccc(F)c(F)c1F)C1CCCCS1. The van der Waals surface area contributed by atoms with Gasteiger partial charge in [0.25, 0.3) is 0 Å². The molecule has 1 nitrogen and oxygen atoms in total. The Balaban J connectivity index is 2.29. The van der Waals surface area contributed by atoms with Crippen molar-refractivity contribution in [1.29, 1.82) is 0 Å². The van der Waals surface area contributed by atoms with Crippen molar-refractivity contribution < 1.29 is 13.2 Å². The molecule has 2 rings (SSSR count). The van der Waals surface area contributed by atoms with E-state index in [2.05, 4.69) is 5.32 Å². The Morgan fingerprint density at radius 3 is 2.61 bits per heavy atom. The number of halogens is 3. The van der Waals surface area contributed by atoms with E-state index in [1.54, 1.807) is 18.8 Å². The Bertz CT molecular complexity index is 419. The Morgan fingerprint density at radius 1 is 1.22 bits per heavy atom. The third kappa shape index (κ3) is 2.67. The van der Waals surface area contributed by atoms with Crippen molar-refractivity contribution in [2.75, 3.05) is 12.8 Å². The Morgan fingerprint density at radius 2 is 2.00 bits per heavy atom. The molecule has 1 aromatic carbocycles. The van der Waals surface area contributed by atoms with Crippen LogP contribution in [0.2, 0.25) is 0 Å². The first-order valence-corrected chi connectivity index (χ1v) is 7.12. The van der Waals surface area contributed by atoms with Crippen molar-refractivity contribution in [3.8, 4) is 0 Å². The predicted octanol–water partition coefficient (Wildman–Crippen LogP) is 3.65. The zero-order valence-electron chi connectivity index (χ0n) is 10.2. The van der Waals surface area contributed by atoms with Gasteiger partial charge in [0.1, 0.15) is 0 Å². The molecular formula is C13H16F3NS. The molecule has 1 heterocycles. The van der Waals surface area contributed by atoms with E-state index in [-0.39, 0.29) is 16.9 Å². The van der Waals surface area contributed by atoms with Crippen molar-refractivity contribution >= 4 is 11.8 Å². The first kappa shape index (κ1) is 13.7. The lowest BCUT2D eigenvalue weighted by Crippen LogP contribution is -2.30. The van der Waals surface area contributed by atoms with Gasteiger partial charge in [-0.2, -0.15) is 11.8 Å². The summed E-state index contributed by atoms with van der Waals surface area (Å²) in [5.41, 5.74) is 0.218. The maximum absolute atomic E-state index is 13.8. The predicted molar refractivity (Wildman–Crippen MR) is 68.2 cm³/mol. The quantitative estimate of drug-likeness (QED) is 0.845. The van der Waals surface area contributed by atoms with Crippen LogP contribution in [0.15, 0.2) is 12.1 Å². The highest BCUT2D eigenvalue weighted by molar-refractivity contribution is 8.00. The first-order valence-electron chi connectivity index (χ1n) is 6.07. The maximum Gasteiger partial charge on any atom is 0.194 e. The molecule has 100 valence electrons. The lowest BCUT2D eigenvalue weighted by Gasteiger charge is -2.30. The molecule has 0 aliphatic carbocycles. The molecule has 1 aromatic rings. The number of benzene rings is 1. The van der Waals surface area contributed by atoms with Gasteiger partial charge in [-0.1, -0.05) is 12.5 Å². The monoisotopic (exact) mass is 275 g/mol. The fourth-order valence-corrected chi connectivity index (χ4v) is 3.83. The fraction of sp³-hybridized carbons (Fsp3) is 0.538. The molecule has 1 aliphatic rings. The van der Waals surface area contributed by atoms with Crippen molar-refractivity contribution in [3.05, 3.63) is 35.1 Å². The number of nitrogens with one attached hydrogen (secondary N) is 1. The van der Waals surface area contributed by atoms with E-state index < -0.39 is 17.5 Å². The molecule has 5 heteroatoms. The molecule has 1 fully saturated rings. The van der Waals surface area contributed by atoms with Gasteiger partial charge in [-0.15, -0.1) is 0 Å². The van der Waals surface area contributed by atoms with Gasteiger partial charge in [0.2, 0.25) is 0 Å². The molecule has 0 saturated carbocycles. The van der Waals surface area contributed by atoms with Crippen LogP contribution >= 0.6 is 11.8 Å². The maximum atomic E-state index is 13.8. The van der Waals surface area contributed by atoms with Gasteiger partial charge in [-0.3, -0.25) is 0 Å². The minimum absolute atomic E-state index is 0.211. The normalized spacial score (nSPS) is 21.9. The molecule has 0 spiro atoms. The summed E-state index contributed by atoms with van der Waals surface area (Å²) in [7, 11) is 1.72. The Labute approximate surface area is 109 Å². The van der Waals surface area contributed by atoms with E-state index in [0.29, 0.717) is 0 Å². The number of hydrogen-bond acceptors (Lipinski definition) is 2. The smallest absolute Gasteiger partial charge is 0.194 e. The van der Waals surface area contributed by atoms with Crippen LogP contribution in [0.4, 0.5) is 13.2 Å². The second kappa shape index (κ2) is 5.97. The van der Waals surface area contributed by atoms with Crippen molar-refractivity contribution in [2.45, 2.75) is 30.6 Å². The van der Waals surface area contributed by atoms with Crippen LogP contribution in [0.5, 0.6) is 0 Å². The molecule has 1 aliphatic heterocycles. The summed E-state index contributed by atoms with van der Waals surface area (Å²) in [5.74, 6) is -2.55. The van der Waals surface area contributed by atoms with Gasteiger partial charge in [0, 0.05) is 16.9 Å². The summed E-state index contributed by atoms with van der Waals surface area (Å²) >= 11 is 1.76. The summed E-state index contributed by atoms with van der Waals surface area (Å²) in [6.07, 6.45) is 3.23. The highest BCUT2D eigenvalue weighted by Crippen LogP contribution is 2.36. The number of rotatable bonds is 3. The minimum atomic E-state index is -1.38. The Kier molecular flexibility index (Phi) is 4.56. The van der Waals surface area contributed by atoms with E-state index >= 15 is 0 Å². The van der Waals surface area contributed by atoms with Crippen LogP contribution in [0.1, 0.15) is 30.9 Å².